The van der Waals surface area contributed by atoms with E-state index in [1.165, 1.54) is 4.68 Å². The van der Waals surface area contributed by atoms with Gasteiger partial charge in [0.1, 0.15) is 32.5 Å². The van der Waals surface area contributed by atoms with Gasteiger partial charge in [-0.15, -0.1) is 0 Å². The molecule has 10 heteroatoms. The fourth-order valence-electron chi connectivity index (χ4n) is 3.79. The first-order valence-electron chi connectivity index (χ1n) is 11.1. The summed E-state index contributed by atoms with van der Waals surface area (Å²) in [6.07, 6.45) is 2.11. The van der Waals surface area contributed by atoms with Crippen molar-refractivity contribution in [2.75, 3.05) is 37.1 Å². The van der Waals surface area contributed by atoms with Gasteiger partial charge in [-0.05, 0) is 36.8 Å². The smallest absolute Gasteiger partial charge is 0.276 e. The lowest BCUT2D eigenvalue weighted by Gasteiger charge is -2.20. The Morgan fingerprint density at radius 3 is 2.00 bits per heavy atom. The van der Waals surface area contributed by atoms with E-state index in [1.54, 1.807) is 48.7 Å². The van der Waals surface area contributed by atoms with Gasteiger partial charge in [0.15, 0.2) is 28.7 Å². The highest BCUT2D eigenvalue weighted by Crippen LogP contribution is 2.34. The molecular formula is C24H24N4O6. The van der Waals surface area contributed by atoms with E-state index in [9.17, 15) is 9.59 Å². The number of nitrogens with zero attached hydrogens (tertiary/aromatic N) is 2. The van der Waals surface area contributed by atoms with E-state index in [2.05, 4.69) is 15.7 Å². The van der Waals surface area contributed by atoms with Crippen molar-refractivity contribution >= 4 is 23.2 Å². The van der Waals surface area contributed by atoms with Crippen LogP contribution in [0.5, 0.6) is 23.0 Å². The summed E-state index contributed by atoms with van der Waals surface area (Å²) in [7, 11) is 0. The van der Waals surface area contributed by atoms with E-state index in [4.69, 9.17) is 18.9 Å². The lowest BCUT2D eigenvalue weighted by molar-refractivity contribution is -0.119. The number of benzene rings is 2. The molecule has 34 heavy (non-hydrogen) atoms. The molecule has 0 bridgehead atoms. The van der Waals surface area contributed by atoms with E-state index >= 15 is 0 Å². The highest BCUT2D eigenvalue weighted by Gasteiger charge is 2.22. The molecule has 3 heterocycles. The number of amides is 2. The molecule has 0 unspecified atom stereocenters. The summed E-state index contributed by atoms with van der Waals surface area (Å²) >= 11 is 0. The standard InChI is InChI=1S/C24H24N4O6/c1-2-18(24(30)26-16-4-6-20-22(14-16)34-12-10-32-20)28-8-7-17(27-28)23(29)25-15-3-5-19-21(13-15)33-11-9-31-19/h3-8,13-14,18H,2,9-12H2,1H3,(H,25,29)(H,26,30)/t18-/m0/s1. The molecule has 0 saturated carbocycles. The second-order valence-electron chi connectivity index (χ2n) is 7.77. The zero-order chi connectivity index (χ0) is 23.5. The second kappa shape index (κ2) is 9.34. The number of aromatic nitrogens is 2. The van der Waals surface area contributed by atoms with Crippen LogP contribution in [0, 0.1) is 0 Å². The van der Waals surface area contributed by atoms with Crippen LogP contribution in [0.3, 0.4) is 0 Å². The maximum absolute atomic E-state index is 12.9. The van der Waals surface area contributed by atoms with Crippen molar-refractivity contribution in [3.05, 3.63) is 54.4 Å². The molecule has 5 rings (SSSR count). The fourth-order valence-corrected chi connectivity index (χ4v) is 3.79. The molecule has 2 aromatic carbocycles. The largest absolute Gasteiger partial charge is 0.486 e. The molecule has 0 radical (unpaired) electrons. The van der Waals surface area contributed by atoms with Crippen LogP contribution in [-0.2, 0) is 4.79 Å². The first kappa shape index (κ1) is 21.6. The Labute approximate surface area is 195 Å². The minimum atomic E-state index is -0.593. The summed E-state index contributed by atoms with van der Waals surface area (Å²) in [5, 5.41) is 10.0. The van der Waals surface area contributed by atoms with Crippen LogP contribution in [0.2, 0.25) is 0 Å². The SMILES string of the molecule is CC[C@@H](C(=O)Nc1ccc2c(c1)OCCO2)n1ccc(C(=O)Nc2ccc3c(c2)OCCO3)n1. The van der Waals surface area contributed by atoms with Crippen molar-refractivity contribution in [2.45, 2.75) is 19.4 Å². The van der Waals surface area contributed by atoms with Crippen LogP contribution in [0.1, 0.15) is 29.9 Å². The molecule has 2 N–H and O–H groups in total. The molecule has 1 aromatic heterocycles. The number of hydrogen-bond donors (Lipinski definition) is 2. The zero-order valence-electron chi connectivity index (χ0n) is 18.6. The van der Waals surface area contributed by atoms with Gasteiger partial charge in [-0.3, -0.25) is 14.3 Å². The summed E-state index contributed by atoms with van der Waals surface area (Å²) in [6.45, 7) is 3.80. The van der Waals surface area contributed by atoms with Crippen LogP contribution in [0.25, 0.3) is 0 Å². The van der Waals surface area contributed by atoms with Crippen LogP contribution in [0.15, 0.2) is 48.7 Å². The number of hydrogen-bond acceptors (Lipinski definition) is 7. The number of anilines is 2. The highest BCUT2D eigenvalue weighted by molar-refractivity contribution is 6.03. The minimum Gasteiger partial charge on any atom is -0.486 e. The van der Waals surface area contributed by atoms with Gasteiger partial charge in [0.2, 0.25) is 5.91 Å². The fraction of sp³-hybridized carbons (Fsp3) is 0.292. The van der Waals surface area contributed by atoms with Crippen molar-refractivity contribution in [2.24, 2.45) is 0 Å². The first-order valence-corrected chi connectivity index (χ1v) is 11.1. The normalized spacial score (nSPS) is 14.7. The van der Waals surface area contributed by atoms with E-state index < -0.39 is 11.9 Å². The Hall–Kier alpha value is -4.21. The Kier molecular flexibility index (Phi) is 5.94. The highest BCUT2D eigenvalue weighted by atomic mass is 16.6. The predicted molar refractivity (Wildman–Crippen MR) is 123 cm³/mol. The van der Waals surface area contributed by atoms with Gasteiger partial charge < -0.3 is 29.6 Å². The van der Waals surface area contributed by atoms with Crippen molar-refractivity contribution in [3.8, 4) is 23.0 Å². The van der Waals surface area contributed by atoms with Crippen LogP contribution < -0.4 is 29.6 Å². The molecular weight excluding hydrogens is 440 g/mol. The quantitative estimate of drug-likeness (QED) is 0.576. The van der Waals surface area contributed by atoms with E-state index in [1.807, 2.05) is 6.92 Å². The molecule has 3 aromatic rings. The number of fused-ring (bicyclic) bond motifs is 2. The van der Waals surface area contributed by atoms with Gasteiger partial charge in [0.25, 0.3) is 5.91 Å². The van der Waals surface area contributed by atoms with Crippen LogP contribution >= 0.6 is 0 Å². The third-order valence-electron chi connectivity index (χ3n) is 5.46. The molecule has 176 valence electrons. The maximum Gasteiger partial charge on any atom is 0.276 e. The van der Waals surface area contributed by atoms with Crippen molar-refractivity contribution in [1.82, 2.24) is 9.78 Å². The van der Waals surface area contributed by atoms with Crippen molar-refractivity contribution < 1.29 is 28.5 Å². The van der Waals surface area contributed by atoms with Gasteiger partial charge in [-0.1, -0.05) is 6.92 Å². The van der Waals surface area contributed by atoms with Gasteiger partial charge in [0.05, 0.1) is 0 Å². The summed E-state index contributed by atoms with van der Waals surface area (Å²) in [6, 6.07) is 11.4. The molecule has 2 aliphatic heterocycles. The average Bonchev–Trinajstić information content (AvgIpc) is 3.34. The summed E-state index contributed by atoms with van der Waals surface area (Å²) in [5.41, 5.74) is 1.35. The number of rotatable bonds is 6. The molecule has 0 saturated heterocycles. The second-order valence-corrected chi connectivity index (χ2v) is 7.77. The summed E-state index contributed by atoms with van der Waals surface area (Å²) in [5.74, 6) is 1.82. The molecule has 2 amide bonds. The van der Waals surface area contributed by atoms with Crippen molar-refractivity contribution in [3.63, 3.8) is 0 Å². The van der Waals surface area contributed by atoms with E-state index in [-0.39, 0.29) is 11.6 Å². The summed E-state index contributed by atoms with van der Waals surface area (Å²) < 4.78 is 23.6. The molecule has 10 nitrogen and oxygen atoms in total. The minimum absolute atomic E-state index is 0.195. The Bertz CT molecular complexity index is 1220. The number of carbonyl (C=O) groups is 2. The number of ether oxygens (including phenoxy) is 4. The molecule has 0 spiro atoms. The molecule has 0 aliphatic carbocycles. The lowest BCUT2D eigenvalue weighted by Crippen LogP contribution is -2.26. The average molecular weight is 464 g/mol. The molecule has 1 atom stereocenters. The lowest BCUT2D eigenvalue weighted by atomic mass is 10.2. The predicted octanol–water partition coefficient (Wildman–Crippen LogP) is 3.27. The van der Waals surface area contributed by atoms with E-state index in [0.29, 0.717) is 67.2 Å². The third kappa shape index (κ3) is 4.47. The van der Waals surface area contributed by atoms with E-state index in [0.717, 1.165) is 0 Å². The van der Waals surface area contributed by atoms with Gasteiger partial charge >= 0.3 is 0 Å². The Morgan fingerprint density at radius 1 is 0.853 bits per heavy atom. The first-order chi connectivity index (χ1) is 16.6. The zero-order valence-corrected chi connectivity index (χ0v) is 18.6. The topological polar surface area (TPSA) is 113 Å². The maximum atomic E-state index is 12.9. The Balaban J connectivity index is 1.26. The Morgan fingerprint density at radius 2 is 1.41 bits per heavy atom. The van der Waals surface area contributed by atoms with Gasteiger partial charge in [0, 0.05) is 29.7 Å². The monoisotopic (exact) mass is 464 g/mol. The van der Waals surface area contributed by atoms with Crippen LogP contribution in [-0.4, -0.2) is 48.0 Å². The van der Waals surface area contributed by atoms with Gasteiger partial charge in [-0.2, -0.15) is 5.10 Å². The van der Waals surface area contributed by atoms with Crippen molar-refractivity contribution in [1.29, 1.82) is 0 Å². The van der Waals surface area contributed by atoms with Crippen LogP contribution in [0.4, 0.5) is 11.4 Å². The molecule has 0 fully saturated rings. The number of nitrogens with one attached hydrogen (secondary N) is 2. The van der Waals surface area contributed by atoms with Gasteiger partial charge in [-0.25, -0.2) is 0 Å². The third-order valence-corrected chi connectivity index (χ3v) is 5.46. The number of carbonyl (C=O) groups excluding carboxylic acids is 2. The molecule has 2 aliphatic rings. The summed E-state index contributed by atoms with van der Waals surface area (Å²) in [4.78, 5) is 25.7.